The second-order valence-corrected chi connectivity index (χ2v) is 9.94. The van der Waals surface area contributed by atoms with Gasteiger partial charge in [0.2, 0.25) is 15.9 Å². The molecule has 2 aliphatic rings. The zero-order valence-electron chi connectivity index (χ0n) is 16.3. The number of hydrogen-bond donors (Lipinski definition) is 1. The Morgan fingerprint density at radius 1 is 1.14 bits per heavy atom. The summed E-state index contributed by atoms with van der Waals surface area (Å²) in [6.07, 6.45) is 9.59. The van der Waals surface area contributed by atoms with E-state index in [1.54, 1.807) is 24.5 Å². The lowest BCUT2D eigenvalue weighted by atomic mass is 9.67. The summed E-state index contributed by atoms with van der Waals surface area (Å²) < 4.78 is 27.8. The average Bonchev–Trinajstić information content (AvgIpc) is 3.13. The third kappa shape index (κ3) is 4.04. The van der Waals surface area contributed by atoms with Crippen molar-refractivity contribution in [3.63, 3.8) is 0 Å². The van der Waals surface area contributed by atoms with Crippen molar-refractivity contribution in [3.8, 4) is 0 Å². The third-order valence-corrected chi connectivity index (χ3v) is 8.02. The predicted molar refractivity (Wildman–Crippen MR) is 108 cm³/mol. The zero-order chi connectivity index (χ0) is 20.3. The van der Waals surface area contributed by atoms with E-state index in [2.05, 4.69) is 15.3 Å². The van der Waals surface area contributed by atoms with E-state index in [1.807, 2.05) is 18.2 Å². The molecule has 1 aliphatic heterocycles. The van der Waals surface area contributed by atoms with Crippen LogP contribution in [0.2, 0.25) is 0 Å². The number of carbonyl (C=O) groups excluding carboxylic acids is 1. The minimum Gasteiger partial charge on any atom is -0.350 e. The molecule has 0 bridgehead atoms. The Morgan fingerprint density at radius 3 is 2.66 bits per heavy atom. The minimum atomic E-state index is -3.67. The van der Waals surface area contributed by atoms with Gasteiger partial charge in [0.25, 0.3) is 0 Å². The number of nitrogens with zero attached hydrogens (tertiary/aromatic N) is 3. The summed E-state index contributed by atoms with van der Waals surface area (Å²) in [5.41, 5.74) is 0.498. The van der Waals surface area contributed by atoms with Crippen LogP contribution in [0.15, 0.2) is 53.8 Å². The molecule has 1 saturated carbocycles. The van der Waals surface area contributed by atoms with Crippen LogP contribution in [0.25, 0.3) is 0 Å². The Kier molecular flexibility index (Phi) is 5.65. The van der Waals surface area contributed by atoms with Crippen LogP contribution >= 0.6 is 0 Å². The SMILES string of the molecule is O=C(NCc1ccccn1)[C@H]1CN(S(=O)(=O)c2cccnc2)CC12CCCCC2. The number of hydrogen-bond acceptors (Lipinski definition) is 5. The maximum absolute atomic E-state index is 13.2. The third-order valence-electron chi connectivity index (χ3n) is 6.22. The van der Waals surface area contributed by atoms with E-state index in [4.69, 9.17) is 0 Å². The Balaban J connectivity index is 1.55. The van der Waals surface area contributed by atoms with Gasteiger partial charge in [-0.3, -0.25) is 14.8 Å². The number of rotatable bonds is 5. The lowest BCUT2D eigenvalue weighted by Gasteiger charge is -2.37. The molecule has 1 aliphatic carbocycles. The molecule has 8 heteroatoms. The zero-order valence-corrected chi connectivity index (χ0v) is 17.1. The van der Waals surface area contributed by atoms with Crippen LogP contribution in [-0.2, 0) is 21.4 Å². The van der Waals surface area contributed by atoms with Crippen LogP contribution in [0.4, 0.5) is 0 Å². The van der Waals surface area contributed by atoms with Crippen molar-refractivity contribution in [2.45, 2.75) is 43.5 Å². The van der Waals surface area contributed by atoms with E-state index in [0.717, 1.165) is 37.8 Å². The predicted octanol–water partition coefficient (Wildman–Crippen LogP) is 2.36. The molecule has 1 atom stereocenters. The summed E-state index contributed by atoms with van der Waals surface area (Å²) in [6.45, 7) is 0.957. The Morgan fingerprint density at radius 2 is 1.97 bits per heavy atom. The van der Waals surface area contributed by atoms with Crippen LogP contribution < -0.4 is 5.32 Å². The highest BCUT2D eigenvalue weighted by Gasteiger charge is 2.53. The number of amides is 1. The van der Waals surface area contributed by atoms with Crippen molar-refractivity contribution < 1.29 is 13.2 Å². The fourth-order valence-corrected chi connectivity index (χ4v) is 6.20. The Hall–Kier alpha value is -2.32. The van der Waals surface area contributed by atoms with Crippen molar-refractivity contribution in [2.24, 2.45) is 11.3 Å². The molecule has 2 fully saturated rings. The van der Waals surface area contributed by atoms with Gasteiger partial charge in [0.15, 0.2) is 0 Å². The fraction of sp³-hybridized carbons (Fsp3) is 0.476. The summed E-state index contributed by atoms with van der Waals surface area (Å²) in [7, 11) is -3.67. The number of carbonyl (C=O) groups is 1. The summed E-state index contributed by atoms with van der Waals surface area (Å²) in [5, 5.41) is 2.99. The molecule has 0 radical (unpaired) electrons. The van der Waals surface area contributed by atoms with Gasteiger partial charge in [-0.2, -0.15) is 4.31 Å². The lowest BCUT2D eigenvalue weighted by Crippen LogP contribution is -2.42. The van der Waals surface area contributed by atoms with Crippen LogP contribution in [0, 0.1) is 11.3 Å². The topological polar surface area (TPSA) is 92.3 Å². The molecule has 154 valence electrons. The molecule has 2 aromatic heterocycles. The van der Waals surface area contributed by atoms with Gasteiger partial charge in [0.1, 0.15) is 4.90 Å². The number of sulfonamides is 1. The van der Waals surface area contributed by atoms with Gasteiger partial charge in [0, 0.05) is 31.7 Å². The first-order valence-electron chi connectivity index (χ1n) is 10.1. The van der Waals surface area contributed by atoms with Crippen LogP contribution in [0.5, 0.6) is 0 Å². The largest absolute Gasteiger partial charge is 0.350 e. The van der Waals surface area contributed by atoms with Crippen LogP contribution in [0.3, 0.4) is 0 Å². The molecule has 0 aromatic carbocycles. The first-order chi connectivity index (χ1) is 14.0. The highest BCUT2D eigenvalue weighted by Crippen LogP contribution is 2.48. The molecular weight excluding hydrogens is 388 g/mol. The van der Waals surface area contributed by atoms with E-state index < -0.39 is 10.0 Å². The molecule has 3 heterocycles. The van der Waals surface area contributed by atoms with E-state index in [0.29, 0.717) is 13.1 Å². The molecule has 2 aromatic rings. The quantitative estimate of drug-likeness (QED) is 0.811. The standard InChI is InChI=1S/C21H26N4O3S/c26-20(24-13-17-7-2-5-12-23-17)19-15-25(16-21(19)9-3-1-4-10-21)29(27,28)18-8-6-11-22-14-18/h2,5-8,11-12,14,19H,1,3-4,9-10,13,15-16H2,(H,24,26)/t19-/m1/s1. The van der Waals surface area contributed by atoms with Gasteiger partial charge in [-0.25, -0.2) is 8.42 Å². The second-order valence-electron chi connectivity index (χ2n) is 8.00. The Labute approximate surface area is 171 Å². The summed E-state index contributed by atoms with van der Waals surface area (Å²) in [5.74, 6) is -0.431. The molecule has 4 rings (SSSR count). The fourth-order valence-electron chi connectivity index (χ4n) is 4.68. The normalized spacial score (nSPS) is 21.9. The van der Waals surface area contributed by atoms with E-state index in [9.17, 15) is 13.2 Å². The molecule has 1 saturated heterocycles. The summed E-state index contributed by atoms with van der Waals surface area (Å²) in [4.78, 5) is 21.5. The molecular formula is C21H26N4O3S. The van der Waals surface area contributed by atoms with Crippen molar-refractivity contribution in [1.82, 2.24) is 19.6 Å². The maximum atomic E-state index is 13.2. The van der Waals surface area contributed by atoms with E-state index in [1.165, 1.54) is 10.5 Å². The van der Waals surface area contributed by atoms with Crippen molar-refractivity contribution in [2.75, 3.05) is 13.1 Å². The molecule has 1 spiro atoms. The minimum absolute atomic E-state index is 0.0820. The summed E-state index contributed by atoms with van der Waals surface area (Å²) >= 11 is 0. The maximum Gasteiger partial charge on any atom is 0.244 e. The van der Waals surface area contributed by atoms with Crippen LogP contribution in [-0.4, -0.2) is 41.7 Å². The average molecular weight is 415 g/mol. The van der Waals surface area contributed by atoms with Gasteiger partial charge in [0.05, 0.1) is 18.2 Å². The van der Waals surface area contributed by atoms with Crippen molar-refractivity contribution >= 4 is 15.9 Å². The molecule has 7 nitrogen and oxygen atoms in total. The van der Waals surface area contributed by atoms with E-state index >= 15 is 0 Å². The Bertz CT molecular complexity index is 944. The van der Waals surface area contributed by atoms with Crippen LogP contribution in [0.1, 0.15) is 37.8 Å². The number of nitrogens with one attached hydrogen (secondary N) is 1. The monoisotopic (exact) mass is 414 g/mol. The molecule has 0 unspecified atom stereocenters. The number of aromatic nitrogens is 2. The molecule has 29 heavy (non-hydrogen) atoms. The summed E-state index contributed by atoms with van der Waals surface area (Å²) in [6, 6.07) is 8.76. The van der Waals surface area contributed by atoms with Crippen molar-refractivity contribution in [1.29, 1.82) is 0 Å². The van der Waals surface area contributed by atoms with Gasteiger partial charge < -0.3 is 5.32 Å². The van der Waals surface area contributed by atoms with Gasteiger partial charge >= 0.3 is 0 Å². The van der Waals surface area contributed by atoms with Crippen molar-refractivity contribution in [3.05, 3.63) is 54.6 Å². The highest BCUT2D eigenvalue weighted by atomic mass is 32.2. The van der Waals surface area contributed by atoms with Gasteiger partial charge in [-0.15, -0.1) is 0 Å². The molecule has 1 amide bonds. The van der Waals surface area contributed by atoms with Gasteiger partial charge in [-0.05, 0) is 42.5 Å². The lowest BCUT2D eigenvalue weighted by molar-refractivity contribution is -0.128. The highest BCUT2D eigenvalue weighted by molar-refractivity contribution is 7.89. The first kappa shape index (κ1) is 20.0. The van der Waals surface area contributed by atoms with E-state index in [-0.39, 0.29) is 28.7 Å². The second kappa shape index (κ2) is 8.20. The first-order valence-corrected chi connectivity index (χ1v) is 11.5. The molecule has 1 N–H and O–H groups in total. The van der Waals surface area contributed by atoms with Gasteiger partial charge in [-0.1, -0.05) is 25.3 Å². The number of pyridine rings is 2. The smallest absolute Gasteiger partial charge is 0.244 e.